The second-order valence-corrected chi connectivity index (χ2v) is 2.90. The standard InChI is InChI=1S/C7H13NO/c1-8(2)6-3-4-7(9)5-6/h6H,3-5H2,1-2H3. The molecule has 1 saturated carbocycles. The molecule has 0 bridgehead atoms. The van der Waals surface area contributed by atoms with Gasteiger partial charge in [0.25, 0.3) is 0 Å². The fourth-order valence-corrected chi connectivity index (χ4v) is 1.24. The molecule has 0 aromatic heterocycles. The zero-order chi connectivity index (χ0) is 6.85. The molecule has 0 radical (unpaired) electrons. The van der Waals surface area contributed by atoms with Gasteiger partial charge in [0.1, 0.15) is 5.78 Å². The first kappa shape index (κ1) is 6.75. The molecule has 0 aliphatic heterocycles. The van der Waals surface area contributed by atoms with Gasteiger partial charge < -0.3 is 4.90 Å². The van der Waals surface area contributed by atoms with E-state index in [4.69, 9.17) is 0 Å². The fraction of sp³-hybridized carbons (Fsp3) is 0.857. The average Bonchev–Trinajstić information content (AvgIpc) is 2.14. The molecule has 0 heterocycles. The van der Waals surface area contributed by atoms with E-state index in [1.54, 1.807) is 0 Å². The lowest BCUT2D eigenvalue weighted by atomic mass is 10.2. The Hall–Kier alpha value is -0.370. The van der Waals surface area contributed by atoms with Crippen molar-refractivity contribution in [3.63, 3.8) is 0 Å². The van der Waals surface area contributed by atoms with Crippen LogP contribution in [0.15, 0.2) is 0 Å². The summed E-state index contributed by atoms with van der Waals surface area (Å²) in [5.41, 5.74) is 0. The molecular weight excluding hydrogens is 114 g/mol. The lowest BCUT2D eigenvalue weighted by Gasteiger charge is -2.16. The van der Waals surface area contributed by atoms with Crippen molar-refractivity contribution in [1.82, 2.24) is 4.90 Å². The highest BCUT2D eigenvalue weighted by Crippen LogP contribution is 2.17. The SMILES string of the molecule is CN(C)C1CCC(=O)C1. The third-order valence-electron chi connectivity index (χ3n) is 1.95. The Balaban J connectivity index is 2.39. The summed E-state index contributed by atoms with van der Waals surface area (Å²) in [4.78, 5) is 12.9. The molecule has 2 heteroatoms. The Morgan fingerprint density at radius 3 is 2.44 bits per heavy atom. The molecule has 1 unspecified atom stereocenters. The van der Waals surface area contributed by atoms with E-state index < -0.39 is 0 Å². The first-order chi connectivity index (χ1) is 4.20. The summed E-state index contributed by atoms with van der Waals surface area (Å²) in [5.74, 6) is 0.425. The monoisotopic (exact) mass is 127 g/mol. The van der Waals surface area contributed by atoms with Crippen LogP contribution < -0.4 is 0 Å². The number of nitrogens with zero attached hydrogens (tertiary/aromatic N) is 1. The van der Waals surface area contributed by atoms with E-state index in [1.807, 2.05) is 14.1 Å². The van der Waals surface area contributed by atoms with Crippen LogP contribution >= 0.6 is 0 Å². The highest BCUT2D eigenvalue weighted by atomic mass is 16.1. The molecule has 1 rings (SSSR count). The molecule has 0 amide bonds. The number of carbonyl (C=O) groups is 1. The van der Waals surface area contributed by atoms with Gasteiger partial charge in [-0.25, -0.2) is 0 Å². The van der Waals surface area contributed by atoms with Gasteiger partial charge in [-0.2, -0.15) is 0 Å². The number of hydrogen-bond donors (Lipinski definition) is 0. The number of Topliss-reactive ketones (excluding diaryl/α,β-unsaturated/α-hetero) is 1. The van der Waals surface area contributed by atoms with Gasteiger partial charge in [-0.3, -0.25) is 4.79 Å². The van der Waals surface area contributed by atoms with E-state index in [9.17, 15) is 4.79 Å². The van der Waals surface area contributed by atoms with E-state index in [-0.39, 0.29) is 0 Å². The van der Waals surface area contributed by atoms with E-state index in [1.165, 1.54) is 0 Å². The lowest BCUT2D eigenvalue weighted by molar-refractivity contribution is -0.117. The van der Waals surface area contributed by atoms with Crippen LogP contribution in [0.1, 0.15) is 19.3 Å². The molecule has 9 heavy (non-hydrogen) atoms. The maximum atomic E-state index is 10.7. The summed E-state index contributed by atoms with van der Waals surface area (Å²) in [6, 6.07) is 0.525. The Kier molecular flexibility index (Phi) is 1.86. The number of ketones is 1. The third-order valence-corrected chi connectivity index (χ3v) is 1.95. The van der Waals surface area contributed by atoms with Gasteiger partial charge in [0.2, 0.25) is 0 Å². The lowest BCUT2D eigenvalue weighted by Crippen LogP contribution is -2.24. The number of rotatable bonds is 1. The summed E-state index contributed by atoms with van der Waals surface area (Å²) < 4.78 is 0. The number of carbonyl (C=O) groups excluding carboxylic acids is 1. The van der Waals surface area contributed by atoms with E-state index >= 15 is 0 Å². The van der Waals surface area contributed by atoms with Crippen molar-refractivity contribution < 1.29 is 4.79 Å². The summed E-state index contributed by atoms with van der Waals surface area (Å²) in [7, 11) is 4.06. The van der Waals surface area contributed by atoms with Gasteiger partial charge in [-0.15, -0.1) is 0 Å². The summed E-state index contributed by atoms with van der Waals surface area (Å²) >= 11 is 0. The average molecular weight is 127 g/mol. The van der Waals surface area contributed by atoms with Crippen molar-refractivity contribution in [2.24, 2.45) is 0 Å². The first-order valence-electron chi connectivity index (χ1n) is 3.38. The first-order valence-corrected chi connectivity index (χ1v) is 3.38. The molecule has 1 aliphatic carbocycles. The van der Waals surface area contributed by atoms with E-state index in [0.717, 1.165) is 19.3 Å². The van der Waals surface area contributed by atoms with Crippen molar-refractivity contribution in [2.45, 2.75) is 25.3 Å². The molecular formula is C7H13NO. The zero-order valence-electron chi connectivity index (χ0n) is 6.05. The molecule has 1 fully saturated rings. The van der Waals surface area contributed by atoms with E-state index in [0.29, 0.717) is 11.8 Å². The van der Waals surface area contributed by atoms with Crippen LogP contribution in [-0.2, 0) is 4.79 Å². The van der Waals surface area contributed by atoms with Gasteiger partial charge in [-0.05, 0) is 20.5 Å². The molecule has 0 saturated heterocycles. The predicted molar refractivity (Wildman–Crippen MR) is 36.3 cm³/mol. The van der Waals surface area contributed by atoms with Crippen LogP contribution in [0.3, 0.4) is 0 Å². The van der Waals surface area contributed by atoms with Crippen LogP contribution in [0.5, 0.6) is 0 Å². The summed E-state index contributed by atoms with van der Waals surface area (Å²) in [5, 5.41) is 0. The van der Waals surface area contributed by atoms with Crippen LogP contribution in [-0.4, -0.2) is 30.8 Å². The molecule has 1 aliphatic rings. The van der Waals surface area contributed by atoms with Crippen molar-refractivity contribution in [1.29, 1.82) is 0 Å². The van der Waals surface area contributed by atoms with Crippen LogP contribution in [0.4, 0.5) is 0 Å². The highest BCUT2D eigenvalue weighted by Gasteiger charge is 2.22. The minimum absolute atomic E-state index is 0.425. The van der Waals surface area contributed by atoms with Crippen LogP contribution in [0.2, 0.25) is 0 Å². The number of hydrogen-bond acceptors (Lipinski definition) is 2. The second kappa shape index (κ2) is 2.48. The predicted octanol–water partition coefficient (Wildman–Crippen LogP) is 0.670. The minimum Gasteiger partial charge on any atom is -0.306 e. The smallest absolute Gasteiger partial charge is 0.134 e. The zero-order valence-corrected chi connectivity index (χ0v) is 6.05. The van der Waals surface area contributed by atoms with Crippen molar-refractivity contribution >= 4 is 5.78 Å². The molecule has 0 spiro atoms. The van der Waals surface area contributed by atoms with Gasteiger partial charge in [0.05, 0.1) is 0 Å². The second-order valence-electron chi connectivity index (χ2n) is 2.90. The van der Waals surface area contributed by atoms with Crippen LogP contribution in [0.25, 0.3) is 0 Å². The topological polar surface area (TPSA) is 20.3 Å². The summed E-state index contributed by atoms with van der Waals surface area (Å²) in [6.45, 7) is 0. The molecule has 1 atom stereocenters. The fourth-order valence-electron chi connectivity index (χ4n) is 1.24. The Labute approximate surface area is 55.8 Å². The Morgan fingerprint density at radius 1 is 1.56 bits per heavy atom. The van der Waals surface area contributed by atoms with E-state index in [2.05, 4.69) is 4.90 Å². The summed E-state index contributed by atoms with van der Waals surface area (Å²) in [6.07, 6.45) is 2.63. The maximum Gasteiger partial charge on any atom is 0.134 e. The van der Waals surface area contributed by atoms with Crippen molar-refractivity contribution in [3.8, 4) is 0 Å². The van der Waals surface area contributed by atoms with Gasteiger partial charge in [0.15, 0.2) is 0 Å². The minimum atomic E-state index is 0.425. The van der Waals surface area contributed by atoms with Gasteiger partial charge in [-0.1, -0.05) is 0 Å². The largest absolute Gasteiger partial charge is 0.306 e. The van der Waals surface area contributed by atoms with Gasteiger partial charge in [0, 0.05) is 18.9 Å². The Morgan fingerprint density at radius 2 is 2.22 bits per heavy atom. The Bertz CT molecular complexity index is 120. The molecule has 0 N–H and O–H groups in total. The molecule has 2 nitrogen and oxygen atoms in total. The van der Waals surface area contributed by atoms with Crippen molar-refractivity contribution in [2.75, 3.05) is 14.1 Å². The maximum absolute atomic E-state index is 10.7. The molecule has 52 valence electrons. The van der Waals surface area contributed by atoms with Gasteiger partial charge >= 0.3 is 0 Å². The van der Waals surface area contributed by atoms with Crippen molar-refractivity contribution in [3.05, 3.63) is 0 Å². The van der Waals surface area contributed by atoms with Crippen LogP contribution in [0, 0.1) is 0 Å². The quantitative estimate of drug-likeness (QED) is 0.516. The molecule has 0 aromatic carbocycles. The highest BCUT2D eigenvalue weighted by molar-refractivity contribution is 5.81. The third kappa shape index (κ3) is 1.52. The molecule has 0 aromatic rings. The normalized spacial score (nSPS) is 27.9.